The first kappa shape index (κ1) is 14.9. The monoisotopic (exact) mass is 320 g/mol. The van der Waals surface area contributed by atoms with Crippen LogP contribution in [0.15, 0.2) is 54.9 Å². The molecule has 0 aliphatic rings. The molecule has 0 unspecified atom stereocenters. The van der Waals surface area contributed by atoms with Crippen LogP contribution in [0.4, 0.5) is 18.9 Å². The van der Waals surface area contributed by atoms with Crippen LogP contribution in [0, 0.1) is 0 Å². The van der Waals surface area contributed by atoms with Crippen LogP contribution in [-0.4, -0.2) is 21.1 Å². The highest BCUT2D eigenvalue weighted by molar-refractivity contribution is 5.58. The summed E-state index contributed by atoms with van der Waals surface area (Å²) in [4.78, 5) is 4.14. The molecule has 3 aromatic rings. The second-order valence-corrected chi connectivity index (χ2v) is 4.68. The molecule has 0 aliphatic carbocycles. The molecule has 8 heteroatoms. The number of aromatic nitrogens is 3. The summed E-state index contributed by atoms with van der Waals surface area (Å²) in [6.45, 7) is 0. The quantitative estimate of drug-likeness (QED) is 0.751. The SMILES string of the molecule is Nc1ccc(-c2ncn(-c3cccc(OC(F)(F)F)c3)n2)cc1. The number of nitrogen functional groups attached to an aromatic ring is 1. The number of anilines is 1. The normalized spacial score (nSPS) is 11.4. The van der Waals surface area contributed by atoms with Gasteiger partial charge in [-0.1, -0.05) is 6.07 Å². The van der Waals surface area contributed by atoms with Crippen LogP contribution in [0.5, 0.6) is 5.75 Å². The number of rotatable bonds is 3. The Hall–Kier alpha value is -3.03. The topological polar surface area (TPSA) is 66.0 Å². The van der Waals surface area contributed by atoms with Gasteiger partial charge in [-0.3, -0.25) is 0 Å². The highest BCUT2D eigenvalue weighted by Crippen LogP contribution is 2.25. The molecule has 5 nitrogen and oxygen atoms in total. The molecule has 0 saturated heterocycles. The van der Waals surface area contributed by atoms with Gasteiger partial charge in [-0.25, -0.2) is 9.67 Å². The Balaban J connectivity index is 1.88. The standard InChI is InChI=1S/C15H11F3N4O/c16-15(17,18)23-13-3-1-2-12(8-13)22-9-20-14(21-22)10-4-6-11(19)7-5-10/h1-9H,19H2. The zero-order valence-corrected chi connectivity index (χ0v) is 11.7. The average Bonchev–Trinajstić information content (AvgIpc) is 2.96. The van der Waals surface area contributed by atoms with E-state index in [9.17, 15) is 13.2 Å². The molecule has 23 heavy (non-hydrogen) atoms. The second kappa shape index (κ2) is 5.64. The number of halogens is 3. The van der Waals surface area contributed by atoms with E-state index in [4.69, 9.17) is 5.73 Å². The van der Waals surface area contributed by atoms with Crippen molar-refractivity contribution in [1.29, 1.82) is 0 Å². The van der Waals surface area contributed by atoms with E-state index in [-0.39, 0.29) is 5.75 Å². The van der Waals surface area contributed by atoms with Gasteiger partial charge in [0.1, 0.15) is 12.1 Å². The summed E-state index contributed by atoms with van der Waals surface area (Å²) in [6, 6.07) is 12.5. The van der Waals surface area contributed by atoms with Gasteiger partial charge >= 0.3 is 6.36 Å². The Morgan fingerprint density at radius 1 is 1.04 bits per heavy atom. The number of nitrogens with zero attached hydrogens (tertiary/aromatic N) is 3. The minimum atomic E-state index is -4.74. The van der Waals surface area contributed by atoms with Crippen molar-refractivity contribution in [2.24, 2.45) is 0 Å². The van der Waals surface area contributed by atoms with Crippen molar-refractivity contribution in [3.63, 3.8) is 0 Å². The first-order valence-electron chi connectivity index (χ1n) is 6.54. The Morgan fingerprint density at radius 3 is 2.48 bits per heavy atom. The van der Waals surface area contributed by atoms with Crippen molar-refractivity contribution < 1.29 is 17.9 Å². The fourth-order valence-corrected chi connectivity index (χ4v) is 1.98. The van der Waals surface area contributed by atoms with E-state index in [1.165, 1.54) is 29.2 Å². The maximum absolute atomic E-state index is 12.3. The van der Waals surface area contributed by atoms with E-state index < -0.39 is 6.36 Å². The van der Waals surface area contributed by atoms with Crippen LogP contribution < -0.4 is 10.5 Å². The minimum absolute atomic E-state index is 0.320. The smallest absolute Gasteiger partial charge is 0.406 e. The maximum atomic E-state index is 12.3. The van der Waals surface area contributed by atoms with Gasteiger partial charge in [0, 0.05) is 17.3 Å². The number of alkyl halides is 3. The Morgan fingerprint density at radius 2 is 1.78 bits per heavy atom. The summed E-state index contributed by atoms with van der Waals surface area (Å²) in [5.74, 6) is 0.117. The van der Waals surface area contributed by atoms with Gasteiger partial charge in [-0.15, -0.1) is 18.3 Å². The third-order valence-electron chi connectivity index (χ3n) is 2.98. The Bertz CT molecular complexity index is 812. The van der Waals surface area contributed by atoms with Crippen LogP contribution >= 0.6 is 0 Å². The second-order valence-electron chi connectivity index (χ2n) is 4.68. The Kier molecular flexibility index (Phi) is 3.65. The van der Waals surface area contributed by atoms with Gasteiger partial charge in [0.25, 0.3) is 0 Å². The maximum Gasteiger partial charge on any atom is 0.573 e. The molecule has 0 amide bonds. The van der Waals surface area contributed by atoms with Crippen molar-refractivity contribution in [2.75, 3.05) is 5.73 Å². The van der Waals surface area contributed by atoms with Crippen molar-refractivity contribution in [3.8, 4) is 22.8 Å². The van der Waals surface area contributed by atoms with E-state index in [2.05, 4.69) is 14.8 Å². The lowest BCUT2D eigenvalue weighted by molar-refractivity contribution is -0.274. The number of hydrogen-bond acceptors (Lipinski definition) is 4. The first-order chi connectivity index (χ1) is 10.9. The van der Waals surface area contributed by atoms with E-state index in [1.54, 1.807) is 30.3 Å². The number of ether oxygens (including phenoxy) is 1. The van der Waals surface area contributed by atoms with Crippen molar-refractivity contribution in [3.05, 3.63) is 54.9 Å². The summed E-state index contributed by atoms with van der Waals surface area (Å²) in [6.07, 6.45) is -3.32. The molecule has 3 rings (SSSR count). The fraction of sp³-hybridized carbons (Fsp3) is 0.0667. The molecular weight excluding hydrogens is 309 g/mol. The predicted octanol–water partition coefficient (Wildman–Crippen LogP) is 3.42. The number of benzene rings is 2. The van der Waals surface area contributed by atoms with Crippen molar-refractivity contribution in [2.45, 2.75) is 6.36 Å². The van der Waals surface area contributed by atoms with Crippen LogP contribution in [0.3, 0.4) is 0 Å². The molecule has 0 spiro atoms. The summed E-state index contributed by atoms with van der Waals surface area (Å²) in [5, 5.41) is 4.25. The van der Waals surface area contributed by atoms with E-state index >= 15 is 0 Å². The zero-order valence-electron chi connectivity index (χ0n) is 11.7. The number of hydrogen-bond donors (Lipinski definition) is 1. The molecule has 0 aliphatic heterocycles. The molecule has 2 aromatic carbocycles. The summed E-state index contributed by atoms with van der Waals surface area (Å²) in [7, 11) is 0. The van der Waals surface area contributed by atoms with Gasteiger partial charge < -0.3 is 10.5 Å². The fourth-order valence-electron chi connectivity index (χ4n) is 1.98. The lowest BCUT2D eigenvalue weighted by atomic mass is 10.2. The van der Waals surface area contributed by atoms with E-state index in [0.717, 1.165) is 5.56 Å². The van der Waals surface area contributed by atoms with Gasteiger partial charge in [0.15, 0.2) is 5.82 Å². The van der Waals surface area contributed by atoms with Gasteiger partial charge in [-0.05, 0) is 36.4 Å². The molecule has 0 saturated carbocycles. The lowest BCUT2D eigenvalue weighted by Gasteiger charge is -2.09. The largest absolute Gasteiger partial charge is 0.573 e. The third kappa shape index (κ3) is 3.60. The molecular formula is C15H11F3N4O. The molecule has 118 valence electrons. The van der Waals surface area contributed by atoms with E-state index in [0.29, 0.717) is 17.2 Å². The van der Waals surface area contributed by atoms with Crippen LogP contribution in [-0.2, 0) is 0 Å². The third-order valence-corrected chi connectivity index (χ3v) is 2.98. The molecule has 0 bridgehead atoms. The minimum Gasteiger partial charge on any atom is -0.406 e. The van der Waals surface area contributed by atoms with Gasteiger partial charge in [-0.2, -0.15) is 0 Å². The van der Waals surface area contributed by atoms with E-state index in [1.807, 2.05) is 0 Å². The van der Waals surface area contributed by atoms with Gasteiger partial charge in [0.2, 0.25) is 0 Å². The molecule has 0 atom stereocenters. The average molecular weight is 320 g/mol. The molecule has 0 fully saturated rings. The molecule has 1 aromatic heterocycles. The summed E-state index contributed by atoms with van der Waals surface area (Å²) < 4.78 is 42.1. The molecule has 1 heterocycles. The highest BCUT2D eigenvalue weighted by atomic mass is 19.4. The number of nitrogens with two attached hydrogens (primary N) is 1. The Labute approximate surface area is 129 Å². The van der Waals surface area contributed by atoms with Crippen molar-refractivity contribution >= 4 is 5.69 Å². The summed E-state index contributed by atoms with van der Waals surface area (Å²) >= 11 is 0. The predicted molar refractivity (Wildman–Crippen MR) is 77.9 cm³/mol. The zero-order chi connectivity index (χ0) is 16.4. The van der Waals surface area contributed by atoms with Crippen LogP contribution in [0.1, 0.15) is 0 Å². The first-order valence-corrected chi connectivity index (χ1v) is 6.54. The summed E-state index contributed by atoms with van der Waals surface area (Å²) in [5.41, 5.74) is 7.39. The molecule has 0 radical (unpaired) electrons. The molecule has 2 N–H and O–H groups in total. The van der Waals surface area contributed by atoms with Gasteiger partial charge in [0.05, 0.1) is 5.69 Å². The highest BCUT2D eigenvalue weighted by Gasteiger charge is 2.31. The van der Waals surface area contributed by atoms with Crippen LogP contribution in [0.25, 0.3) is 17.1 Å². The van der Waals surface area contributed by atoms with Crippen molar-refractivity contribution in [1.82, 2.24) is 14.8 Å². The lowest BCUT2D eigenvalue weighted by Crippen LogP contribution is -2.17. The van der Waals surface area contributed by atoms with Crippen LogP contribution in [0.2, 0.25) is 0 Å².